The van der Waals surface area contributed by atoms with E-state index in [2.05, 4.69) is 35.1 Å². The number of aryl methyl sites for hydroxylation is 2. The number of hydrogen-bond acceptors (Lipinski definition) is 5. The van der Waals surface area contributed by atoms with Gasteiger partial charge in [-0.05, 0) is 49.7 Å². The highest BCUT2D eigenvalue weighted by Gasteiger charge is 2.23. The number of piperazine rings is 1. The van der Waals surface area contributed by atoms with Crippen LogP contribution in [0.15, 0.2) is 67.3 Å². The van der Waals surface area contributed by atoms with Crippen LogP contribution >= 0.6 is 23.2 Å². The number of benzene rings is 3. The van der Waals surface area contributed by atoms with Crippen LogP contribution in [0.1, 0.15) is 11.1 Å². The normalized spacial score (nSPS) is 13.0. The summed E-state index contributed by atoms with van der Waals surface area (Å²) in [6.07, 6.45) is 1.80. The molecule has 1 fully saturated rings. The molecule has 0 spiro atoms. The predicted molar refractivity (Wildman–Crippen MR) is 169 cm³/mol. The van der Waals surface area contributed by atoms with Crippen LogP contribution in [-0.4, -0.2) is 63.2 Å². The zero-order chi connectivity index (χ0) is 29.5. The molecule has 2 N–H and O–H groups in total. The van der Waals surface area contributed by atoms with E-state index in [1.807, 2.05) is 48.2 Å². The van der Waals surface area contributed by atoms with Gasteiger partial charge >= 0.3 is 6.03 Å². The number of hydrogen-bond donors (Lipinski definition) is 2. The molecule has 10 heteroatoms. The van der Waals surface area contributed by atoms with E-state index in [9.17, 15) is 9.59 Å². The van der Waals surface area contributed by atoms with Crippen molar-refractivity contribution in [1.82, 2.24) is 4.90 Å². The lowest BCUT2D eigenvalue weighted by Crippen LogP contribution is -2.50. The van der Waals surface area contributed by atoms with Gasteiger partial charge in [0, 0.05) is 61.9 Å². The van der Waals surface area contributed by atoms with Gasteiger partial charge in [0.25, 0.3) is 0 Å². The molecule has 0 radical (unpaired) electrons. The van der Waals surface area contributed by atoms with Gasteiger partial charge in [-0.2, -0.15) is 0 Å². The SMILES string of the molecule is C=CCN(CC(=O)Nc1ccc(N2CCN(C(=O)Nc3c(Cl)cc(OC)cc3Cl)CC2)cc1)c1ccc(C)cc1C. The number of halogens is 2. The number of amides is 3. The van der Waals surface area contributed by atoms with Crippen molar-refractivity contribution in [3.8, 4) is 5.75 Å². The Balaban J connectivity index is 1.30. The summed E-state index contributed by atoms with van der Waals surface area (Å²) >= 11 is 12.6. The second-order valence-corrected chi connectivity index (χ2v) is 10.7. The summed E-state index contributed by atoms with van der Waals surface area (Å²) in [6.45, 7) is 11.1. The van der Waals surface area contributed by atoms with Gasteiger partial charge in [0.15, 0.2) is 0 Å². The second-order valence-electron chi connectivity index (χ2n) is 9.92. The van der Waals surface area contributed by atoms with Crippen molar-refractivity contribution in [1.29, 1.82) is 0 Å². The number of rotatable bonds is 9. The summed E-state index contributed by atoms with van der Waals surface area (Å²) in [5.74, 6) is 0.417. The van der Waals surface area contributed by atoms with E-state index in [-0.39, 0.29) is 18.5 Å². The van der Waals surface area contributed by atoms with Crippen LogP contribution in [0.25, 0.3) is 0 Å². The number of urea groups is 1. The molecule has 0 saturated carbocycles. The van der Waals surface area contributed by atoms with E-state index in [0.29, 0.717) is 54.2 Å². The van der Waals surface area contributed by atoms with E-state index in [0.717, 1.165) is 22.6 Å². The quantitative estimate of drug-likeness (QED) is 0.272. The molecule has 4 rings (SSSR count). The maximum Gasteiger partial charge on any atom is 0.322 e. The lowest BCUT2D eigenvalue weighted by molar-refractivity contribution is -0.115. The molecule has 41 heavy (non-hydrogen) atoms. The molecular weight excluding hydrogens is 561 g/mol. The van der Waals surface area contributed by atoms with Gasteiger partial charge < -0.3 is 30.1 Å². The minimum absolute atomic E-state index is 0.101. The highest BCUT2D eigenvalue weighted by Crippen LogP contribution is 2.35. The van der Waals surface area contributed by atoms with Crippen LogP contribution in [0.4, 0.5) is 27.5 Å². The average Bonchev–Trinajstić information content (AvgIpc) is 2.95. The van der Waals surface area contributed by atoms with Crippen LogP contribution in [-0.2, 0) is 4.79 Å². The van der Waals surface area contributed by atoms with Crippen molar-refractivity contribution in [3.05, 3.63) is 88.4 Å². The first-order valence-electron chi connectivity index (χ1n) is 13.4. The summed E-state index contributed by atoms with van der Waals surface area (Å²) < 4.78 is 5.16. The van der Waals surface area contributed by atoms with Crippen LogP contribution in [0.2, 0.25) is 10.0 Å². The Kier molecular flexibility index (Phi) is 10.0. The molecule has 0 unspecified atom stereocenters. The standard InChI is InChI=1S/C31H35Cl2N5O3/c1-5-12-38(28-11-6-21(2)17-22(28)3)20-29(39)34-23-7-9-24(10-8-23)36-13-15-37(16-14-36)31(40)35-30-26(32)18-25(41-4)19-27(30)33/h5-11,17-19H,1,12-16,20H2,2-4H3,(H,34,39)(H,35,40). The van der Waals surface area contributed by atoms with Gasteiger partial charge in [-0.15, -0.1) is 6.58 Å². The van der Waals surface area contributed by atoms with Gasteiger partial charge in [0.2, 0.25) is 5.91 Å². The molecule has 0 aliphatic carbocycles. The lowest BCUT2D eigenvalue weighted by Gasteiger charge is -2.36. The Hall–Kier alpha value is -3.88. The maximum atomic E-state index is 12.9. The van der Waals surface area contributed by atoms with Gasteiger partial charge in [0.05, 0.1) is 29.4 Å². The zero-order valence-corrected chi connectivity index (χ0v) is 25.1. The van der Waals surface area contributed by atoms with Crippen molar-refractivity contribution in [2.45, 2.75) is 13.8 Å². The maximum absolute atomic E-state index is 12.9. The van der Waals surface area contributed by atoms with Gasteiger partial charge in [-0.3, -0.25) is 4.79 Å². The number of nitrogens with zero attached hydrogens (tertiary/aromatic N) is 3. The van der Waals surface area contributed by atoms with E-state index >= 15 is 0 Å². The fourth-order valence-electron chi connectivity index (χ4n) is 4.83. The molecule has 8 nitrogen and oxygen atoms in total. The van der Waals surface area contributed by atoms with E-state index in [1.54, 1.807) is 23.1 Å². The first-order valence-corrected chi connectivity index (χ1v) is 14.1. The molecule has 3 aromatic carbocycles. The van der Waals surface area contributed by atoms with E-state index in [1.165, 1.54) is 12.7 Å². The zero-order valence-electron chi connectivity index (χ0n) is 23.5. The van der Waals surface area contributed by atoms with Crippen molar-refractivity contribution < 1.29 is 14.3 Å². The highest BCUT2D eigenvalue weighted by atomic mass is 35.5. The Morgan fingerprint density at radius 3 is 2.22 bits per heavy atom. The predicted octanol–water partition coefficient (Wildman–Crippen LogP) is 6.60. The number of ether oxygens (including phenoxy) is 1. The van der Waals surface area contributed by atoms with E-state index < -0.39 is 0 Å². The summed E-state index contributed by atoms with van der Waals surface area (Å²) in [5.41, 5.74) is 5.43. The average molecular weight is 597 g/mol. The fraction of sp³-hybridized carbons (Fsp3) is 0.290. The van der Waals surface area contributed by atoms with Crippen molar-refractivity contribution >= 4 is 57.9 Å². The number of methoxy groups -OCH3 is 1. The number of anilines is 4. The fourth-order valence-corrected chi connectivity index (χ4v) is 5.40. The molecule has 3 amide bonds. The Bertz CT molecular complexity index is 1380. The number of carbonyl (C=O) groups is 2. The second kappa shape index (κ2) is 13.7. The summed E-state index contributed by atoms with van der Waals surface area (Å²) in [6, 6.07) is 16.9. The first-order chi connectivity index (χ1) is 19.7. The van der Waals surface area contributed by atoms with Gasteiger partial charge in [-0.25, -0.2) is 4.79 Å². The third-order valence-corrected chi connectivity index (χ3v) is 7.54. The molecule has 0 atom stereocenters. The molecule has 3 aromatic rings. The molecule has 0 bridgehead atoms. The van der Waals surface area contributed by atoms with Crippen LogP contribution < -0.4 is 25.2 Å². The Morgan fingerprint density at radius 1 is 0.976 bits per heavy atom. The Morgan fingerprint density at radius 2 is 1.63 bits per heavy atom. The van der Waals surface area contributed by atoms with Crippen LogP contribution in [0.3, 0.4) is 0 Å². The minimum atomic E-state index is -0.261. The third kappa shape index (κ3) is 7.65. The molecular formula is C31H35Cl2N5O3. The molecule has 0 aromatic heterocycles. The van der Waals surface area contributed by atoms with Gasteiger partial charge in [-0.1, -0.05) is 47.0 Å². The van der Waals surface area contributed by atoms with Crippen molar-refractivity contribution in [3.63, 3.8) is 0 Å². The first kappa shape index (κ1) is 30.1. The largest absolute Gasteiger partial charge is 0.497 e. The molecule has 216 valence electrons. The topological polar surface area (TPSA) is 77.2 Å². The number of carbonyl (C=O) groups excluding carboxylic acids is 2. The van der Waals surface area contributed by atoms with Crippen molar-refractivity contribution in [2.24, 2.45) is 0 Å². The number of nitrogens with one attached hydrogen (secondary N) is 2. The van der Waals surface area contributed by atoms with Crippen molar-refractivity contribution in [2.75, 3.05) is 66.8 Å². The van der Waals surface area contributed by atoms with Crippen LogP contribution in [0.5, 0.6) is 5.75 Å². The minimum Gasteiger partial charge on any atom is -0.497 e. The third-order valence-electron chi connectivity index (χ3n) is 6.94. The molecule has 1 saturated heterocycles. The van der Waals surface area contributed by atoms with E-state index in [4.69, 9.17) is 27.9 Å². The van der Waals surface area contributed by atoms with Crippen LogP contribution in [0, 0.1) is 13.8 Å². The smallest absolute Gasteiger partial charge is 0.322 e. The Labute approximate surface area is 251 Å². The summed E-state index contributed by atoms with van der Waals surface area (Å²) in [7, 11) is 1.52. The molecule has 1 aliphatic heterocycles. The summed E-state index contributed by atoms with van der Waals surface area (Å²) in [4.78, 5) is 31.7. The molecule has 1 heterocycles. The summed E-state index contributed by atoms with van der Waals surface area (Å²) in [5, 5.41) is 6.44. The highest BCUT2D eigenvalue weighted by molar-refractivity contribution is 6.40. The van der Waals surface area contributed by atoms with Gasteiger partial charge in [0.1, 0.15) is 5.75 Å². The lowest BCUT2D eigenvalue weighted by atomic mass is 10.1. The monoisotopic (exact) mass is 595 g/mol. The molecule has 1 aliphatic rings.